The van der Waals surface area contributed by atoms with E-state index < -0.39 is 0 Å². The molecule has 0 atom stereocenters. The van der Waals surface area contributed by atoms with Crippen molar-refractivity contribution >= 4 is 61.1 Å². The van der Waals surface area contributed by atoms with Gasteiger partial charge in [-0.05, 0) is 23.3 Å². The molecule has 0 fully saturated rings. The van der Waals surface area contributed by atoms with Crippen LogP contribution < -0.4 is 0 Å². The summed E-state index contributed by atoms with van der Waals surface area (Å²) in [6.45, 7) is 0. The zero-order valence-corrected chi connectivity index (χ0v) is 11.7. The predicted molar refractivity (Wildman–Crippen MR) is 69.6 cm³/mol. The SMILES string of the molecule is Brc1ccc(CI)c(CI)c1. The maximum Gasteiger partial charge on any atom is 0.0250 e. The number of benzene rings is 1. The molecule has 0 aliphatic rings. The molecule has 1 rings (SSSR count). The van der Waals surface area contributed by atoms with Crippen LogP contribution in [-0.4, -0.2) is 0 Å². The first kappa shape index (κ1) is 10.2. The Balaban J connectivity index is 3.06. The third-order valence-electron chi connectivity index (χ3n) is 1.46. The van der Waals surface area contributed by atoms with Gasteiger partial charge in [-0.1, -0.05) is 67.2 Å². The fraction of sp³-hybridized carbons (Fsp3) is 0.250. The van der Waals surface area contributed by atoms with Crippen molar-refractivity contribution in [2.24, 2.45) is 0 Å². The van der Waals surface area contributed by atoms with Gasteiger partial charge < -0.3 is 0 Å². The molecule has 0 heterocycles. The number of hydrogen-bond donors (Lipinski definition) is 0. The first-order chi connectivity index (χ1) is 5.27. The highest BCUT2D eigenvalue weighted by Crippen LogP contribution is 2.21. The molecule has 0 saturated carbocycles. The molecule has 11 heavy (non-hydrogen) atoms. The average molecular weight is 437 g/mol. The predicted octanol–water partition coefficient (Wildman–Crippen LogP) is 4.32. The molecule has 1 aromatic carbocycles. The molecule has 0 nitrogen and oxygen atoms in total. The lowest BCUT2D eigenvalue weighted by Crippen LogP contribution is -1.86. The van der Waals surface area contributed by atoms with Crippen LogP contribution in [0.3, 0.4) is 0 Å². The number of rotatable bonds is 2. The summed E-state index contributed by atoms with van der Waals surface area (Å²) in [5.74, 6) is 0. The van der Waals surface area contributed by atoms with E-state index in [0.717, 1.165) is 8.86 Å². The largest absolute Gasteiger partial charge is 0.0812 e. The van der Waals surface area contributed by atoms with E-state index in [4.69, 9.17) is 0 Å². The van der Waals surface area contributed by atoms with Gasteiger partial charge in [0.1, 0.15) is 0 Å². The minimum Gasteiger partial charge on any atom is -0.0812 e. The molecule has 0 bridgehead atoms. The molecule has 60 valence electrons. The number of hydrogen-bond acceptors (Lipinski definition) is 0. The van der Waals surface area contributed by atoms with Gasteiger partial charge in [-0.15, -0.1) is 0 Å². The van der Waals surface area contributed by atoms with Gasteiger partial charge in [0.15, 0.2) is 0 Å². The minimum atomic E-state index is 1.09. The quantitative estimate of drug-likeness (QED) is 0.478. The molecule has 0 aliphatic heterocycles. The van der Waals surface area contributed by atoms with Crippen LogP contribution in [0.4, 0.5) is 0 Å². The summed E-state index contributed by atoms with van der Waals surface area (Å²) in [6, 6.07) is 6.48. The van der Waals surface area contributed by atoms with Crippen molar-refractivity contribution < 1.29 is 0 Å². The van der Waals surface area contributed by atoms with Crippen LogP contribution in [0.1, 0.15) is 11.1 Å². The maximum atomic E-state index is 3.46. The van der Waals surface area contributed by atoms with Crippen molar-refractivity contribution in [3.63, 3.8) is 0 Å². The summed E-state index contributed by atoms with van der Waals surface area (Å²) in [5.41, 5.74) is 2.89. The van der Waals surface area contributed by atoms with E-state index in [1.165, 1.54) is 15.6 Å². The van der Waals surface area contributed by atoms with Gasteiger partial charge in [-0.25, -0.2) is 0 Å². The molecule has 0 spiro atoms. The molecule has 0 aromatic heterocycles. The molecule has 0 aliphatic carbocycles. The molecule has 3 heteroatoms. The highest BCUT2D eigenvalue weighted by Gasteiger charge is 1.99. The molecule has 0 saturated heterocycles. The van der Waals surface area contributed by atoms with E-state index in [1.54, 1.807) is 0 Å². The summed E-state index contributed by atoms with van der Waals surface area (Å²) in [7, 11) is 0. The van der Waals surface area contributed by atoms with Crippen LogP contribution in [0.2, 0.25) is 0 Å². The smallest absolute Gasteiger partial charge is 0.0250 e. The van der Waals surface area contributed by atoms with Crippen LogP contribution in [0, 0.1) is 0 Å². The third-order valence-corrected chi connectivity index (χ3v) is 3.59. The summed E-state index contributed by atoms with van der Waals surface area (Å²) < 4.78 is 3.37. The monoisotopic (exact) mass is 436 g/mol. The highest BCUT2D eigenvalue weighted by molar-refractivity contribution is 14.1. The van der Waals surface area contributed by atoms with Crippen LogP contribution in [0.25, 0.3) is 0 Å². The summed E-state index contributed by atoms with van der Waals surface area (Å²) in [4.78, 5) is 0. The van der Waals surface area contributed by atoms with Crippen LogP contribution in [0.15, 0.2) is 22.7 Å². The normalized spacial score (nSPS) is 10.1. The van der Waals surface area contributed by atoms with Crippen LogP contribution in [-0.2, 0) is 8.86 Å². The van der Waals surface area contributed by atoms with Crippen molar-refractivity contribution in [2.75, 3.05) is 0 Å². The third kappa shape index (κ3) is 2.84. The highest BCUT2D eigenvalue weighted by atomic mass is 127. The van der Waals surface area contributed by atoms with Gasteiger partial charge in [-0.2, -0.15) is 0 Å². The number of alkyl halides is 2. The molecular formula is C8H7BrI2. The minimum absolute atomic E-state index is 1.09. The van der Waals surface area contributed by atoms with Gasteiger partial charge in [0.25, 0.3) is 0 Å². The molecule has 0 N–H and O–H groups in total. The van der Waals surface area contributed by atoms with Gasteiger partial charge in [0, 0.05) is 13.3 Å². The zero-order chi connectivity index (χ0) is 8.27. The van der Waals surface area contributed by atoms with Crippen molar-refractivity contribution in [1.29, 1.82) is 0 Å². The fourth-order valence-electron chi connectivity index (χ4n) is 0.849. The number of halogens is 3. The van der Waals surface area contributed by atoms with E-state index in [1.807, 2.05) is 0 Å². The van der Waals surface area contributed by atoms with E-state index in [-0.39, 0.29) is 0 Å². The molecular weight excluding hydrogens is 430 g/mol. The van der Waals surface area contributed by atoms with Gasteiger partial charge in [-0.3, -0.25) is 0 Å². The Bertz CT molecular complexity index is 248. The standard InChI is InChI=1S/C8H7BrI2/c9-8-2-1-6(4-10)7(3-8)5-11/h1-3H,4-5H2. The fourth-order valence-corrected chi connectivity index (χ4v) is 2.71. The molecule has 1 aromatic rings. The first-order valence-electron chi connectivity index (χ1n) is 3.17. The van der Waals surface area contributed by atoms with E-state index >= 15 is 0 Å². The van der Waals surface area contributed by atoms with Crippen molar-refractivity contribution in [3.8, 4) is 0 Å². The topological polar surface area (TPSA) is 0 Å². The van der Waals surface area contributed by atoms with Crippen molar-refractivity contribution in [1.82, 2.24) is 0 Å². The van der Waals surface area contributed by atoms with Gasteiger partial charge >= 0.3 is 0 Å². The van der Waals surface area contributed by atoms with E-state index in [2.05, 4.69) is 79.3 Å². The Morgan fingerprint density at radius 3 is 2.27 bits per heavy atom. The second-order valence-electron chi connectivity index (χ2n) is 2.18. The van der Waals surface area contributed by atoms with Crippen molar-refractivity contribution in [3.05, 3.63) is 33.8 Å². The van der Waals surface area contributed by atoms with Crippen LogP contribution in [0.5, 0.6) is 0 Å². The second kappa shape index (κ2) is 5.01. The van der Waals surface area contributed by atoms with Crippen LogP contribution >= 0.6 is 61.1 Å². The van der Waals surface area contributed by atoms with E-state index in [9.17, 15) is 0 Å². The maximum absolute atomic E-state index is 3.46. The Morgan fingerprint density at radius 1 is 1.09 bits per heavy atom. The van der Waals surface area contributed by atoms with Gasteiger partial charge in [0.05, 0.1) is 0 Å². The lowest BCUT2D eigenvalue weighted by atomic mass is 10.1. The molecule has 0 unspecified atom stereocenters. The second-order valence-corrected chi connectivity index (χ2v) is 4.62. The summed E-state index contributed by atoms with van der Waals surface area (Å²) >= 11 is 8.25. The Labute approximate surface area is 103 Å². The summed E-state index contributed by atoms with van der Waals surface area (Å²) in [6.07, 6.45) is 0. The lowest BCUT2D eigenvalue weighted by Gasteiger charge is -2.03. The van der Waals surface area contributed by atoms with E-state index in [0.29, 0.717) is 0 Å². The van der Waals surface area contributed by atoms with Crippen molar-refractivity contribution in [2.45, 2.75) is 8.86 Å². The zero-order valence-electron chi connectivity index (χ0n) is 5.78. The van der Waals surface area contributed by atoms with Gasteiger partial charge in [0.2, 0.25) is 0 Å². The first-order valence-corrected chi connectivity index (χ1v) is 7.01. The lowest BCUT2D eigenvalue weighted by molar-refractivity contribution is 1.31. The average Bonchev–Trinajstić information content (AvgIpc) is 2.04. The Kier molecular flexibility index (Phi) is 4.67. The molecule has 0 radical (unpaired) electrons. The molecule has 0 amide bonds. The summed E-state index contributed by atoms with van der Waals surface area (Å²) in [5, 5.41) is 0. The Morgan fingerprint density at radius 2 is 1.73 bits per heavy atom. The Hall–Kier alpha value is 1.16.